The number of nitrogens with one attached hydrogen (secondary N) is 1. The van der Waals surface area contributed by atoms with Gasteiger partial charge >= 0.3 is 0 Å². The van der Waals surface area contributed by atoms with E-state index in [9.17, 15) is 9.59 Å². The molecule has 1 heterocycles. The number of amides is 1. The van der Waals surface area contributed by atoms with E-state index in [0.29, 0.717) is 26.8 Å². The second-order valence-corrected chi connectivity index (χ2v) is 8.68. The van der Waals surface area contributed by atoms with Gasteiger partial charge in [-0.15, -0.1) is 0 Å². The first-order chi connectivity index (χ1) is 14.0. The highest BCUT2D eigenvalue weighted by Gasteiger charge is 2.23. The van der Waals surface area contributed by atoms with Crippen LogP contribution in [-0.4, -0.2) is 21.2 Å². The van der Waals surface area contributed by atoms with Gasteiger partial charge in [-0.1, -0.05) is 54.4 Å². The first-order valence-corrected chi connectivity index (χ1v) is 11.1. The fourth-order valence-corrected chi connectivity index (χ4v) is 4.76. The second kappa shape index (κ2) is 8.59. The molecule has 0 bridgehead atoms. The topological polar surface area (TPSA) is 64.0 Å². The Hall–Kier alpha value is -2.31. The lowest BCUT2D eigenvalue weighted by Gasteiger charge is -2.18. The van der Waals surface area contributed by atoms with Crippen molar-refractivity contribution in [3.63, 3.8) is 0 Å². The number of benzene rings is 2. The molecule has 0 unspecified atom stereocenters. The zero-order valence-corrected chi connectivity index (χ0v) is 17.7. The molecule has 29 heavy (non-hydrogen) atoms. The summed E-state index contributed by atoms with van der Waals surface area (Å²) in [5, 5.41) is 4.71. The van der Waals surface area contributed by atoms with Crippen molar-refractivity contribution in [1.29, 1.82) is 0 Å². The summed E-state index contributed by atoms with van der Waals surface area (Å²) in [5.41, 5.74) is 2.27. The zero-order chi connectivity index (χ0) is 20.4. The summed E-state index contributed by atoms with van der Waals surface area (Å²) in [5.74, 6) is 0.0125. The maximum absolute atomic E-state index is 13.1. The van der Waals surface area contributed by atoms with E-state index in [1.165, 1.54) is 11.8 Å². The Kier molecular flexibility index (Phi) is 5.92. The third-order valence-corrected chi connectivity index (χ3v) is 6.61. The molecule has 1 aliphatic rings. The number of carbonyl (C=O) groups excluding carboxylic acids is 1. The minimum Gasteiger partial charge on any atom is -0.325 e. The number of para-hydroxylation sites is 1. The number of nitrogens with zero attached hydrogens (tertiary/aromatic N) is 2. The number of anilines is 1. The van der Waals surface area contributed by atoms with E-state index in [1.54, 1.807) is 10.6 Å². The summed E-state index contributed by atoms with van der Waals surface area (Å²) in [6.45, 7) is 1.91. The molecule has 7 heteroatoms. The van der Waals surface area contributed by atoms with Gasteiger partial charge in [0, 0.05) is 16.8 Å². The fourth-order valence-electron chi connectivity index (χ4n) is 3.71. The van der Waals surface area contributed by atoms with Crippen molar-refractivity contribution >= 4 is 45.9 Å². The average molecular weight is 428 g/mol. The van der Waals surface area contributed by atoms with Crippen molar-refractivity contribution in [1.82, 2.24) is 9.55 Å². The summed E-state index contributed by atoms with van der Waals surface area (Å²) in [6, 6.07) is 13.0. The predicted molar refractivity (Wildman–Crippen MR) is 119 cm³/mol. The van der Waals surface area contributed by atoms with Crippen LogP contribution in [0.3, 0.4) is 0 Å². The molecule has 1 fully saturated rings. The molecule has 3 aromatic rings. The predicted octanol–water partition coefficient (Wildman–Crippen LogP) is 5.20. The zero-order valence-electron chi connectivity index (χ0n) is 16.2. The van der Waals surface area contributed by atoms with Crippen LogP contribution >= 0.6 is 23.4 Å². The first kappa shape index (κ1) is 20.0. The molecule has 1 N–H and O–H groups in total. The highest BCUT2D eigenvalue weighted by molar-refractivity contribution is 7.99. The van der Waals surface area contributed by atoms with E-state index in [2.05, 4.69) is 5.32 Å². The number of halogens is 1. The molecular formula is C22H22ClN3O2S. The van der Waals surface area contributed by atoms with Gasteiger partial charge < -0.3 is 5.32 Å². The third kappa shape index (κ3) is 4.33. The molecule has 5 nitrogen and oxygen atoms in total. The van der Waals surface area contributed by atoms with Gasteiger partial charge in [-0.25, -0.2) is 4.98 Å². The van der Waals surface area contributed by atoms with Crippen molar-refractivity contribution in [3.8, 4) is 0 Å². The minimum absolute atomic E-state index is 0.0178. The van der Waals surface area contributed by atoms with Crippen LogP contribution in [0.15, 0.2) is 52.4 Å². The van der Waals surface area contributed by atoms with Gasteiger partial charge in [-0.2, -0.15) is 0 Å². The van der Waals surface area contributed by atoms with Crippen LogP contribution in [0, 0.1) is 6.92 Å². The van der Waals surface area contributed by atoms with E-state index < -0.39 is 0 Å². The Morgan fingerprint density at radius 2 is 2.00 bits per heavy atom. The van der Waals surface area contributed by atoms with E-state index in [-0.39, 0.29) is 23.3 Å². The first-order valence-electron chi connectivity index (χ1n) is 9.73. The molecule has 150 valence electrons. The lowest BCUT2D eigenvalue weighted by molar-refractivity contribution is -0.113. The van der Waals surface area contributed by atoms with Gasteiger partial charge in [0.05, 0.1) is 16.7 Å². The van der Waals surface area contributed by atoms with Gasteiger partial charge in [-0.3, -0.25) is 14.2 Å². The van der Waals surface area contributed by atoms with Crippen molar-refractivity contribution in [2.75, 3.05) is 11.1 Å². The molecule has 0 spiro atoms. The van der Waals surface area contributed by atoms with Crippen molar-refractivity contribution < 1.29 is 4.79 Å². The largest absolute Gasteiger partial charge is 0.325 e. The number of hydrogen-bond acceptors (Lipinski definition) is 4. The summed E-state index contributed by atoms with van der Waals surface area (Å²) < 4.78 is 1.80. The Bertz CT molecular complexity index is 1120. The molecule has 1 aromatic heterocycles. The Morgan fingerprint density at radius 3 is 2.76 bits per heavy atom. The molecule has 1 amide bonds. The lowest BCUT2D eigenvalue weighted by atomic mass is 10.2. The highest BCUT2D eigenvalue weighted by atomic mass is 35.5. The molecule has 2 aromatic carbocycles. The number of thioether (sulfide) groups is 1. The molecule has 0 saturated heterocycles. The number of carbonyl (C=O) groups is 1. The lowest BCUT2D eigenvalue weighted by Crippen LogP contribution is -2.27. The monoisotopic (exact) mass is 427 g/mol. The van der Waals surface area contributed by atoms with Crippen LogP contribution in [0.4, 0.5) is 5.69 Å². The smallest absolute Gasteiger partial charge is 0.262 e. The van der Waals surface area contributed by atoms with E-state index in [1.807, 2.05) is 43.3 Å². The summed E-state index contributed by atoms with van der Waals surface area (Å²) >= 11 is 7.44. The number of aromatic nitrogens is 2. The van der Waals surface area contributed by atoms with Gasteiger partial charge in [0.1, 0.15) is 0 Å². The third-order valence-electron chi connectivity index (χ3n) is 5.25. The molecule has 4 rings (SSSR count). The van der Waals surface area contributed by atoms with Gasteiger partial charge in [-0.05, 0) is 49.6 Å². The van der Waals surface area contributed by atoms with Crippen LogP contribution < -0.4 is 10.9 Å². The van der Waals surface area contributed by atoms with E-state index in [4.69, 9.17) is 16.6 Å². The molecular weight excluding hydrogens is 406 g/mol. The number of fused-ring (bicyclic) bond motifs is 1. The maximum Gasteiger partial charge on any atom is 0.262 e. The molecule has 1 saturated carbocycles. The van der Waals surface area contributed by atoms with Crippen molar-refractivity contribution in [2.24, 2.45) is 0 Å². The minimum atomic E-state index is -0.157. The number of aryl methyl sites for hydroxylation is 1. The quantitative estimate of drug-likeness (QED) is 0.448. The van der Waals surface area contributed by atoms with Crippen LogP contribution in [0.25, 0.3) is 10.9 Å². The maximum atomic E-state index is 13.1. The molecule has 0 atom stereocenters. The normalized spacial score (nSPS) is 14.4. The van der Waals surface area contributed by atoms with Gasteiger partial charge in [0.25, 0.3) is 5.56 Å². The summed E-state index contributed by atoms with van der Waals surface area (Å²) in [7, 11) is 0. The Labute approximate surface area is 178 Å². The van der Waals surface area contributed by atoms with Crippen LogP contribution in [0.1, 0.15) is 37.3 Å². The molecule has 1 aliphatic carbocycles. The Balaban J connectivity index is 1.58. The van der Waals surface area contributed by atoms with E-state index >= 15 is 0 Å². The SMILES string of the molecule is Cc1ccc(NC(=O)CSc2nc3ccccc3c(=O)n2C2CCCC2)cc1Cl. The summed E-state index contributed by atoms with van der Waals surface area (Å²) in [4.78, 5) is 30.3. The summed E-state index contributed by atoms with van der Waals surface area (Å²) in [6.07, 6.45) is 4.18. The highest BCUT2D eigenvalue weighted by Crippen LogP contribution is 2.32. The van der Waals surface area contributed by atoms with Crippen LogP contribution in [0.5, 0.6) is 0 Å². The van der Waals surface area contributed by atoms with Crippen LogP contribution in [0.2, 0.25) is 5.02 Å². The average Bonchev–Trinajstić information content (AvgIpc) is 3.23. The Morgan fingerprint density at radius 1 is 1.24 bits per heavy atom. The van der Waals surface area contributed by atoms with Crippen molar-refractivity contribution in [2.45, 2.75) is 43.8 Å². The number of hydrogen-bond donors (Lipinski definition) is 1. The van der Waals surface area contributed by atoms with Gasteiger partial charge in [0.15, 0.2) is 5.16 Å². The number of rotatable bonds is 5. The van der Waals surface area contributed by atoms with Gasteiger partial charge in [0.2, 0.25) is 5.91 Å². The second-order valence-electron chi connectivity index (χ2n) is 7.33. The molecule has 0 radical (unpaired) electrons. The van der Waals surface area contributed by atoms with E-state index in [0.717, 1.165) is 31.2 Å². The van der Waals surface area contributed by atoms with Crippen LogP contribution in [-0.2, 0) is 4.79 Å². The fraction of sp³-hybridized carbons (Fsp3) is 0.318. The molecule has 0 aliphatic heterocycles. The van der Waals surface area contributed by atoms with Crippen molar-refractivity contribution in [3.05, 3.63) is 63.4 Å². The standard InChI is InChI=1S/C22H22ClN3O2S/c1-14-10-11-15(12-18(14)23)24-20(27)13-29-22-25-19-9-5-4-8-17(19)21(28)26(22)16-6-2-3-7-16/h4-5,8-12,16H,2-3,6-7,13H2,1H3,(H,24,27).